The van der Waals surface area contributed by atoms with Gasteiger partial charge in [0.15, 0.2) is 5.75 Å². The second kappa shape index (κ2) is 7.51. The third kappa shape index (κ3) is 4.50. The molecule has 1 atom stereocenters. The van der Waals surface area contributed by atoms with E-state index in [-0.39, 0.29) is 30.3 Å². The summed E-state index contributed by atoms with van der Waals surface area (Å²) in [5.41, 5.74) is 11.7. The van der Waals surface area contributed by atoms with Crippen molar-refractivity contribution in [2.24, 2.45) is 11.5 Å². The number of benzene rings is 2. The lowest BCUT2D eigenvalue weighted by molar-refractivity contribution is -0.386. The Balaban J connectivity index is 2.18. The summed E-state index contributed by atoms with van der Waals surface area (Å²) in [5.74, 6) is -0.918. The first kappa shape index (κ1) is 17.4. The maximum absolute atomic E-state index is 12.9. The summed E-state index contributed by atoms with van der Waals surface area (Å²) in [5, 5.41) is 11.2. The molecule has 0 aliphatic rings. The quantitative estimate of drug-likeness (QED) is 0.594. The van der Waals surface area contributed by atoms with Crippen LogP contribution in [0, 0.1) is 15.9 Å². The highest BCUT2D eigenvalue weighted by molar-refractivity contribution is 5.74. The molecule has 0 aliphatic carbocycles. The van der Waals surface area contributed by atoms with E-state index in [0.29, 0.717) is 11.1 Å². The number of hydrogen-bond donors (Lipinski definition) is 2. The largest absolute Gasteiger partial charge is 0.482 e. The normalized spacial score (nSPS) is 11.8. The average molecular weight is 333 g/mol. The van der Waals surface area contributed by atoms with Crippen molar-refractivity contribution in [2.45, 2.75) is 19.1 Å². The molecule has 24 heavy (non-hydrogen) atoms. The Kier molecular flexibility index (Phi) is 5.43. The fourth-order valence-electron chi connectivity index (χ4n) is 2.11. The van der Waals surface area contributed by atoms with Gasteiger partial charge in [-0.15, -0.1) is 0 Å². The second-order valence-corrected chi connectivity index (χ2v) is 5.18. The van der Waals surface area contributed by atoms with Gasteiger partial charge in [-0.1, -0.05) is 18.2 Å². The first-order chi connectivity index (χ1) is 11.4. The summed E-state index contributed by atoms with van der Waals surface area (Å²) in [6.45, 7) is 0.0494. The number of hydrogen-bond acceptors (Lipinski definition) is 5. The number of nitro benzene ring substituents is 1. The fourth-order valence-corrected chi connectivity index (χ4v) is 2.11. The molecule has 8 heteroatoms. The topological polar surface area (TPSA) is 121 Å². The van der Waals surface area contributed by atoms with Gasteiger partial charge in [0.05, 0.1) is 4.92 Å². The lowest BCUT2D eigenvalue weighted by Gasteiger charge is -2.12. The molecule has 0 fully saturated rings. The molecule has 7 nitrogen and oxygen atoms in total. The number of halogens is 1. The molecule has 1 unspecified atom stereocenters. The molecule has 0 aromatic heterocycles. The third-order valence-corrected chi connectivity index (χ3v) is 3.34. The van der Waals surface area contributed by atoms with Crippen LogP contribution >= 0.6 is 0 Å². The van der Waals surface area contributed by atoms with Crippen molar-refractivity contribution in [3.63, 3.8) is 0 Å². The standard InChI is InChI=1S/C16H16FN3O4/c17-12-4-1-10(2-5-12)9-24-15-6-3-11(7-14(15)20(22)23)13(18)8-16(19)21/h1-7,13H,8-9,18H2,(H2,19,21). The summed E-state index contributed by atoms with van der Waals surface area (Å²) in [6, 6.07) is 9.09. The van der Waals surface area contributed by atoms with Gasteiger partial charge in [0.1, 0.15) is 12.4 Å². The van der Waals surface area contributed by atoms with Crippen molar-refractivity contribution in [1.29, 1.82) is 0 Å². The fraction of sp³-hybridized carbons (Fsp3) is 0.188. The minimum absolute atomic E-state index is 0.0494. The molecule has 2 aromatic rings. The molecule has 0 radical (unpaired) electrons. The molecule has 126 valence electrons. The van der Waals surface area contributed by atoms with Crippen LogP contribution in [0.5, 0.6) is 5.75 Å². The molecule has 2 aromatic carbocycles. The second-order valence-electron chi connectivity index (χ2n) is 5.18. The minimum atomic E-state index is -0.729. The maximum atomic E-state index is 12.9. The Morgan fingerprint density at radius 3 is 2.50 bits per heavy atom. The summed E-state index contributed by atoms with van der Waals surface area (Å²) >= 11 is 0. The number of nitrogens with two attached hydrogens (primary N) is 2. The molecule has 0 saturated carbocycles. The van der Waals surface area contributed by atoms with Gasteiger partial charge in [0.2, 0.25) is 5.91 Å². The predicted molar refractivity (Wildman–Crippen MR) is 84.6 cm³/mol. The average Bonchev–Trinajstić information content (AvgIpc) is 2.53. The molecule has 2 rings (SSSR count). The first-order valence-corrected chi connectivity index (χ1v) is 7.06. The minimum Gasteiger partial charge on any atom is -0.482 e. The number of nitro groups is 1. The van der Waals surface area contributed by atoms with E-state index in [1.165, 1.54) is 36.4 Å². The lowest BCUT2D eigenvalue weighted by atomic mass is 10.0. The number of rotatable bonds is 7. The zero-order valence-electron chi connectivity index (χ0n) is 12.6. The van der Waals surface area contributed by atoms with Crippen LogP contribution in [0.4, 0.5) is 10.1 Å². The Labute approximate surface area is 137 Å². The molecule has 0 saturated heterocycles. The van der Waals surface area contributed by atoms with E-state index in [2.05, 4.69) is 0 Å². The van der Waals surface area contributed by atoms with Crippen molar-refractivity contribution >= 4 is 11.6 Å². The highest BCUT2D eigenvalue weighted by atomic mass is 19.1. The van der Waals surface area contributed by atoms with E-state index in [0.717, 1.165) is 0 Å². The Morgan fingerprint density at radius 2 is 1.92 bits per heavy atom. The number of carbonyl (C=O) groups is 1. The van der Waals surface area contributed by atoms with E-state index in [1.54, 1.807) is 6.07 Å². The van der Waals surface area contributed by atoms with Crippen LogP contribution in [0.15, 0.2) is 42.5 Å². The SMILES string of the molecule is NC(=O)CC(N)c1ccc(OCc2ccc(F)cc2)c([N+](=O)[O-])c1. The van der Waals surface area contributed by atoms with Crippen molar-refractivity contribution in [3.8, 4) is 5.75 Å². The van der Waals surface area contributed by atoms with Crippen molar-refractivity contribution in [3.05, 3.63) is 69.5 Å². The van der Waals surface area contributed by atoms with Crippen LogP contribution in [0.2, 0.25) is 0 Å². The molecule has 4 N–H and O–H groups in total. The van der Waals surface area contributed by atoms with E-state index in [9.17, 15) is 19.3 Å². The summed E-state index contributed by atoms with van der Waals surface area (Å²) in [7, 11) is 0. The van der Waals surface area contributed by atoms with Crippen LogP contribution in [0.3, 0.4) is 0 Å². The first-order valence-electron chi connectivity index (χ1n) is 7.06. The number of ether oxygens (including phenoxy) is 1. The zero-order valence-corrected chi connectivity index (χ0v) is 12.6. The molecule has 0 heterocycles. The number of primary amides is 1. The van der Waals surface area contributed by atoms with Gasteiger partial charge >= 0.3 is 5.69 Å². The van der Waals surface area contributed by atoms with Crippen molar-refractivity contribution in [2.75, 3.05) is 0 Å². The van der Waals surface area contributed by atoms with Crippen LogP contribution in [0.1, 0.15) is 23.6 Å². The van der Waals surface area contributed by atoms with Crippen molar-refractivity contribution < 1.29 is 18.8 Å². The third-order valence-electron chi connectivity index (χ3n) is 3.34. The molecular formula is C16H16FN3O4. The maximum Gasteiger partial charge on any atom is 0.311 e. The van der Waals surface area contributed by atoms with E-state index < -0.39 is 16.9 Å². The molecule has 0 bridgehead atoms. The summed E-state index contributed by atoms with van der Waals surface area (Å²) in [4.78, 5) is 21.5. The van der Waals surface area contributed by atoms with Gasteiger partial charge in [0, 0.05) is 18.5 Å². The number of nitrogens with zero attached hydrogens (tertiary/aromatic N) is 1. The van der Waals surface area contributed by atoms with Gasteiger partial charge in [-0.25, -0.2) is 4.39 Å². The summed E-state index contributed by atoms with van der Waals surface area (Å²) in [6.07, 6.45) is -0.118. The van der Waals surface area contributed by atoms with Crippen LogP contribution in [0.25, 0.3) is 0 Å². The van der Waals surface area contributed by atoms with Gasteiger partial charge in [-0.2, -0.15) is 0 Å². The smallest absolute Gasteiger partial charge is 0.311 e. The Morgan fingerprint density at radius 1 is 1.25 bits per heavy atom. The highest BCUT2D eigenvalue weighted by Gasteiger charge is 2.19. The van der Waals surface area contributed by atoms with Gasteiger partial charge < -0.3 is 16.2 Å². The monoisotopic (exact) mass is 333 g/mol. The number of carbonyl (C=O) groups excluding carboxylic acids is 1. The Bertz CT molecular complexity index is 749. The zero-order chi connectivity index (χ0) is 17.7. The predicted octanol–water partition coefficient (Wildman–Crippen LogP) is 2.19. The molecule has 0 spiro atoms. The number of amides is 1. The van der Waals surface area contributed by atoms with E-state index in [1.807, 2.05) is 0 Å². The van der Waals surface area contributed by atoms with E-state index in [4.69, 9.17) is 16.2 Å². The highest BCUT2D eigenvalue weighted by Crippen LogP contribution is 2.31. The van der Waals surface area contributed by atoms with Crippen LogP contribution in [-0.4, -0.2) is 10.8 Å². The summed E-state index contributed by atoms with van der Waals surface area (Å²) < 4.78 is 18.3. The van der Waals surface area contributed by atoms with Crippen molar-refractivity contribution in [1.82, 2.24) is 0 Å². The van der Waals surface area contributed by atoms with Crippen LogP contribution < -0.4 is 16.2 Å². The van der Waals surface area contributed by atoms with Crippen LogP contribution in [-0.2, 0) is 11.4 Å². The lowest BCUT2D eigenvalue weighted by Crippen LogP contribution is -2.20. The van der Waals surface area contributed by atoms with Gasteiger partial charge in [-0.05, 0) is 29.3 Å². The van der Waals surface area contributed by atoms with Gasteiger partial charge in [-0.3, -0.25) is 14.9 Å². The molecule has 1 amide bonds. The molecule has 0 aliphatic heterocycles. The molecular weight excluding hydrogens is 317 g/mol. The Hall–Kier alpha value is -3.00. The van der Waals surface area contributed by atoms with E-state index >= 15 is 0 Å². The van der Waals surface area contributed by atoms with Gasteiger partial charge in [0.25, 0.3) is 0 Å².